The number of nitrogens with one attached hydrogen (secondary N) is 1. The van der Waals surface area contributed by atoms with E-state index >= 15 is 0 Å². The van der Waals surface area contributed by atoms with Gasteiger partial charge in [0, 0.05) is 41.2 Å². The summed E-state index contributed by atoms with van der Waals surface area (Å²) in [5, 5.41) is 5.69. The highest BCUT2D eigenvalue weighted by Crippen LogP contribution is 2.27. The van der Waals surface area contributed by atoms with E-state index < -0.39 is 0 Å². The third-order valence-corrected chi connectivity index (χ3v) is 5.34. The Morgan fingerprint density at radius 1 is 1.00 bits per heavy atom. The quantitative estimate of drug-likeness (QED) is 0.754. The van der Waals surface area contributed by atoms with Gasteiger partial charge in [0.25, 0.3) is 0 Å². The maximum absolute atomic E-state index is 4.56. The van der Waals surface area contributed by atoms with Crippen LogP contribution in [-0.2, 0) is 0 Å². The molecule has 0 bridgehead atoms. The summed E-state index contributed by atoms with van der Waals surface area (Å²) in [5.74, 6) is 2.14. The van der Waals surface area contributed by atoms with E-state index in [4.69, 9.17) is 0 Å². The van der Waals surface area contributed by atoms with E-state index in [2.05, 4.69) is 63.1 Å². The Balaban J connectivity index is 1.55. The van der Waals surface area contributed by atoms with Crippen molar-refractivity contribution in [3.8, 4) is 11.1 Å². The molecule has 3 heterocycles. The molecular weight excluding hydrogens is 334 g/mol. The van der Waals surface area contributed by atoms with Crippen LogP contribution in [0, 0.1) is 12.8 Å². The molecular formula is C22H25N5. The minimum absolute atomic E-state index is 0.509. The lowest BCUT2D eigenvalue weighted by atomic mass is 9.94. The number of aromatic nitrogens is 3. The van der Waals surface area contributed by atoms with Crippen molar-refractivity contribution < 1.29 is 0 Å². The molecule has 4 rings (SSSR count). The van der Waals surface area contributed by atoms with Gasteiger partial charge in [0.15, 0.2) is 0 Å². The molecule has 0 saturated carbocycles. The minimum Gasteiger partial charge on any atom is -0.344 e. The van der Waals surface area contributed by atoms with E-state index in [-0.39, 0.29) is 0 Å². The number of likely N-dealkylation sites (tertiary alicyclic amines) is 1. The first-order chi connectivity index (χ1) is 13.1. The Morgan fingerprint density at radius 2 is 1.74 bits per heavy atom. The van der Waals surface area contributed by atoms with E-state index in [0.717, 1.165) is 65.2 Å². The standard InChI is InChI=1S/C22H25N5/c1-15(17-6-8-27(3)9-7-17)26-22-11-20-10-18(4-5-19(20)12-25-22)21-13-23-16(2)24-14-21/h4-5,10-14,17H,1,6-9H2,2-3H3,(H,25,26). The molecule has 1 N–H and O–H groups in total. The van der Waals surface area contributed by atoms with E-state index in [1.807, 2.05) is 25.5 Å². The van der Waals surface area contributed by atoms with Gasteiger partial charge in [0.2, 0.25) is 0 Å². The zero-order valence-corrected chi connectivity index (χ0v) is 15.9. The van der Waals surface area contributed by atoms with Crippen LogP contribution in [0.4, 0.5) is 5.82 Å². The van der Waals surface area contributed by atoms with Crippen LogP contribution in [-0.4, -0.2) is 40.0 Å². The topological polar surface area (TPSA) is 53.9 Å². The molecule has 0 atom stereocenters. The molecule has 2 aromatic heterocycles. The second-order valence-corrected chi connectivity index (χ2v) is 7.38. The molecule has 0 aliphatic carbocycles. The summed E-state index contributed by atoms with van der Waals surface area (Å²) < 4.78 is 0. The largest absolute Gasteiger partial charge is 0.344 e. The van der Waals surface area contributed by atoms with Crippen molar-refractivity contribution >= 4 is 16.6 Å². The van der Waals surface area contributed by atoms with Gasteiger partial charge in [0.05, 0.1) is 0 Å². The summed E-state index contributed by atoms with van der Waals surface area (Å²) in [7, 11) is 2.17. The van der Waals surface area contributed by atoms with Crippen LogP contribution >= 0.6 is 0 Å². The summed E-state index contributed by atoms with van der Waals surface area (Å²) >= 11 is 0. The zero-order chi connectivity index (χ0) is 18.8. The number of nitrogens with zero attached hydrogens (tertiary/aromatic N) is 4. The molecule has 1 aliphatic heterocycles. The Hall–Kier alpha value is -2.79. The SMILES string of the molecule is C=C(Nc1cc2cc(-c3cnc(C)nc3)ccc2cn1)C1CCN(C)CC1. The van der Waals surface area contributed by atoms with Gasteiger partial charge in [-0.15, -0.1) is 0 Å². The summed E-state index contributed by atoms with van der Waals surface area (Å²) in [4.78, 5) is 15.5. The Morgan fingerprint density at radius 3 is 2.48 bits per heavy atom. The monoisotopic (exact) mass is 359 g/mol. The highest BCUT2D eigenvalue weighted by atomic mass is 15.1. The molecule has 0 spiro atoms. The van der Waals surface area contributed by atoms with Crippen molar-refractivity contribution in [2.75, 3.05) is 25.5 Å². The maximum atomic E-state index is 4.56. The van der Waals surface area contributed by atoms with Crippen molar-refractivity contribution in [1.82, 2.24) is 19.9 Å². The van der Waals surface area contributed by atoms with Gasteiger partial charge in [-0.1, -0.05) is 18.7 Å². The van der Waals surface area contributed by atoms with Crippen LogP contribution in [0.3, 0.4) is 0 Å². The average molecular weight is 359 g/mol. The van der Waals surface area contributed by atoms with Gasteiger partial charge < -0.3 is 10.2 Å². The summed E-state index contributed by atoms with van der Waals surface area (Å²) in [5.41, 5.74) is 3.19. The molecule has 1 aliphatic rings. The van der Waals surface area contributed by atoms with Crippen LogP contribution in [0.5, 0.6) is 0 Å². The highest BCUT2D eigenvalue weighted by molar-refractivity contribution is 5.88. The number of allylic oxidation sites excluding steroid dienone is 1. The Kier molecular flexibility index (Phi) is 4.86. The van der Waals surface area contributed by atoms with Gasteiger partial charge in [0.1, 0.15) is 11.6 Å². The summed E-state index contributed by atoms with van der Waals surface area (Å²) in [6.07, 6.45) is 7.94. The van der Waals surface area contributed by atoms with Crippen molar-refractivity contribution in [3.63, 3.8) is 0 Å². The van der Waals surface area contributed by atoms with Crippen LogP contribution in [0.1, 0.15) is 18.7 Å². The Bertz CT molecular complexity index is 956. The van der Waals surface area contributed by atoms with Crippen LogP contribution in [0.2, 0.25) is 0 Å². The lowest BCUT2D eigenvalue weighted by Crippen LogP contribution is -2.31. The number of hydrogen-bond donors (Lipinski definition) is 1. The molecule has 1 aromatic carbocycles. The molecule has 5 nitrogen and oxygen atoms in total. The molecule has 27 heavy (non-hydrogen) atoms. The van der Waals surface area contributed by atoms with Crippen molar-refractivity contribution in [2.45, 2.75) is 19.8 Å². The molecule has 0 radical (unpaired) electrons. The first-order valence-corrected chi connectivity index (χ1v) is 9.42. The predicted octanol–water partition coefficient (Wildman–Crippen LogP) is 4.27. The number of fused-ring (bicyclic) bond motifs is 1. The average Bonchev–Trinajstić information content (AvgIpc) is 2.68. The Labute approximate surface area is 160 Å². The van der Waals surface area contributed by atoms with Crippen molar-refractivity contribution in [1.29, 1.82) is 0 Å². The smallest absolute Gasteiger partial charge is 0.130 e. The number of anilines is 1. The second kappa shape index (κ2) is 7.45. The molecule has 0 amide bonds. The number of aryl methyl sites for hydroxylation is 1. The molecule has 3 aromatic rings. The van der Waals surface area contributed by atoms with Crippen molar-refractivity contribution in [3.05, 3.63) is 61.0 Å². The fraction of sp³-hybridized carbons (Fsp3) is 0.318. The zero-order valence-electron chi connectivity index (χ0n) is 15.9. The number of benzene rings is 1. The third-order valence-electron chi connectivity index (χ3n) is 5.34. The van der Waals surface area contributed by atoms with E-state index in [1.54, 1.807) is 0 Å². The molecule has 1 saturated heterocycles. The minimum atomic E-state index is 0.509. The van der Waals surface area contributed by atoms with E-state index in [0.29, 0.717) is 5.92 Å². The number of pyridine rings is 1. The van der Waals surface area contributed by atoms with Gasteiger partial charge in [-0.25, -0.2) is 15.0 Å². The van der Waals surface area contributed by atoms with Crippen LogP contribution in [0.25, 0.3) is 21.9 Å². The van der Waals surface area contributed by atoms with Gasteiger partial charge in [-0.05, 0) is 63.0 Å². The van der Waals surface area contributed by atoms with Crippen LogP contribution in [0.15, 0.2) is 55.1 Å². The molecule has 5 heteroatoms. The van der Waals surface area contributed by atoms with Crippen molar-refractivity contribution in [2.24, 2.45) is 5.92 Å². The fourth-order valence-electron chi connectivity index (χ4n) is 3.55. The van der Waals surface area contributed by atoms with Gasteiger partial charge in [-0.2, -0.15) is 0 Å². The number of piperidine rings is 1. The normalized spacial score (nSPS) is 15.8. The maximum Gasteiger partial charge on any atom is 0.130 e. The first kappa shape index (κ1) is 17.6. The lowest BCUT2D eigenvalue weighted by Gasteiger charge is -2.30. The number of rotatable bonds is 4. The van der Waals surface area contributed by atoms with Crippen LogP contribution < -0.4 is 5.32 Å². The molecule has 0 unspecified atom stereocenters. The second-order valence-electron chi connectivity index (χ2n) is 7.38. The first-order valence-electron chi connectivity index (χ1n) is 9.42. The van der Waals surface area contributed by atoms with Gasteiger partial charge >= 0.3 is 0 Å². The fourth-order valence-corrected chi connectivity index (χ4v) is 3.55. The summed E-state index contributed by atoms with van der Waals surface area (Å²) in [6.45, 7) is 8.41. The summed E-state index contributed by atoms with van der Waals surface area (Å²) in [6, 6.07) is 8.43. The van der Waals surface area contributed by atoms with E-state index in [9.17, 15) is 0 Å². The molecule has 1 fully saturated rings. The predicted molar refractivity (Wildman–Crippen MR) is 110 cm³/mol. The van der Waals surface area contributed by atoms with Gasteiger partial charge in [-0.3, -0.25) is 0 Å². The third kappa shape index (κ3) is 3.98. The lowest BCUT2D eigenvalue weighted by molar-refractivity contribution is 0.239. The number of hydrogen-bond acceptors (Lipinski definition) is 5. The van der Waals surface area contributed by atoms with E-state index in [1.165, 1.54) is 0 Å². The highest BCUT2D eigenvalue weighted by Gasteiger charge is 2.19. The molecule has 138 valence electrons.